The Morgan fingerprint density at radius 1 is 1.08 bits per heavy atom. The second-order valence-electron chi connectivity index (χ2n) is 10.9. The third-order valence-electron chi connectivity index (χ3n) is 8.35. The van der Waals surface area contributed by atoms with Crippen molar-refractivity contribution in [1.29, 1.82) is 0 Å². The molecule has 194 valence electrons. The van der Waals surface area contributed by atoms with Crippen LogP contribution in [0.15, 0.2) is 59.1 Å². The predicted molar refractivity (Wildman–Crippen MR) is 143 cm³/mol. The van der Waals surface area contributed by atoms with Gasteiger partial charge in [-0.2, -0.15) is 0 Å². The highest BCUT2D eigenvalue weighted by atomic mass is 16.4. The number of carbonyl (C=O) groups is 3. The molecular weight excluding hydrogens is 482 g/mol. The first kappa shape index (κ1) is 24.4. The number of hydrogen-bond donors (Lipinski definition) is 3. The van der Waals surface area contributed by atoms with Crippen LogP contribution in [0.4, 0.5) is 0 Å². The van der Waals surface area contributed by atoms with E-state index in [1.807, 2.05) is 13.8 Å². The van der Waals surface area contributed by atoms with Crippen molar-refractivity contribution in [2.24, 2.45) is 10.5 Å². The number of aromatic amines is 1. The van der Waals surface area contributed by atoms with E-state index in [4.69, 9.17) is 5.10 Å². The molecule has 2 aliphatic heterocycles. The summed E-state index contributed by atoms with van der Waals surface area (Å²) in [6.07, 6.45) is 8.23. The van der Waals surface area contributed by atoms with E-state index >= 15 is 0 Å². The van der Waals surface area contributed by atoms with E-state index in [1.165, 1.54) is 0 Å². The van der Waals surface area contributed by atoms with Crippen molar-refractivity contribution in [3.63, 3.8) is 0 Å². The Kier molecular flexibility index (Phi) is 5.66. The van der Waals surface area contributed by atoms with Crippen molar-refractivity contribution in [2.75, 3.05) is 13.1 Å². The van der Waals surface area contributed by atoms with E-state index in [9.17, 15) is 19.5 Å². The number of carboxylic acid groups (broad SMARTS) is 1. The van der Waals surface area contributed by atoms with E-state index in [-0.39, 0.29) is 33.3 Å². The molecule has 1 atom stereocenters. The predicted octanol–water partition coefficient (Wildman–Crippen LogP) is 4.28. The number of aromatic nitrogens is 2. The number of benzene rings is 1. The summed E-state index contributed by atoms with van der Waals surface area (Å²) in [5.41, 5.74) is 4.14. The number of Topliss-reactive ketones (excluding diaryl/α,β-unsaturated/α-hetero) is 1. The van der Waals surface area contributed by atoms with Gasteiger partial charge in [-0.3, -0.25) is 9.78 Å². The number of carboxylic acids is 1. The van der Waals surface area contributed by atoms with Crippen LogP contribution in [-0.2, 0) is 4.79 Å². The molecule has 9 nitrogen and oxygen atoms in total. The van der Waals surface area contributed by atoms with Gasteiger partial charge in [0.05, 0.1) is 23.5 Å². The maximum atomic E-state index is 14.3. The van der Waals surface area contributed by atoms with Crippen LogP contribution in [0.5, 0.6) is 0 Å². The molecule has 38 heavy (non-hydrogen) atoms. The molecule has 1 amide bonds. The monoisotopic (exact) mass is 512 g/mol. The van der Waals surface area contributed by atoms with E-state index in [1.54, 1.807) is 48.9 Å². The lowest BCUT2D eigenvalue weighted by molar-refractivity contribution is -0.833. The van der Waals surface area contributed by atoms with E-state index in [0.29, 0.717) is 23.3 Å². The molecule has 4 heterocycles. The van der Waals surface area contributed by atoms with Crippen molar-refractivity contribution in [1.82, 2.24) is 15.3 Å². The van der Waals surface area contributed by atoms with Crippen molar-refractivity contribution < 1.29 is 24.1 Å². The molecule has 6 rings (SSSR count). The zero-order valence-corrected chi connectivity index (χ0v) is 21.5. The van der Waals surface area contributed by atoms with Gasteiger partial charge >= 0.3 is 11.9 Å². The summed E-state index contributed by atoms with van der Waals surface area (Å²) in [6.45, 7) is 5.65. The Bertz CT molecular complexity index is 1540. The van der Waals surface area contributed by atoms with Gasteiger partial charge in [0.1, 0.15) is 11.7 Å². The Hall–Kier alpha value is -3.95. The largest absolute Gasteiger partial charge is 0.478 e. The maximum absolute atomic E-state index is 14.3. The normalized spacial score (nSPS) is 22.4. The number of allylic oxidation sites excluding steroid dienone is 2. The molecule has 3 aromatic rings. The second kappa shape index (κ2) is 8.82. The average molecular weight is 513 g/mol. The first-order chi connectivity index (χ1) is 18.2. The van der Waals surface area contributed by atoms with Crippen molar-refractivity contribution in [3.05, 3.63) is 65.3 Å². The van der Waals surface area contributed by atoms with Crippen molar-refractivity contribution in [2.45, 2.75) is 45.6 Å². The third kappa shape index (κ3) is 3.65. The van der Waals surface area contributed by atoms with Crippen LogP contribution in [0.2, 0.25) is 0 Å². The molecule has 1 fully saturated rings. The number of carbonyl (C=O) groups excluding carboxylic acids is 2. The van der Waals surface area contributed by atoms with Gasteiger partial charge in [0, 0.05) is 29.1 Å². The minimum atomic E-state index is -0.992. The number of ketones is 1. The van der Waals surface area contributed by atoms with Crippen LogP contribution in [0.3, 0.4) is 0 Å². The number of nitrogens with one attached hydrogen (secondary N) is 2. The smallest absolute Gasteiger partial charge is 0.393 e. The lowest BCUT2D eigenvalue weighted by Crippen LogP contribution is -2.54. The van der Waals surface area contributed by atoms with Crippen LogP contribution >= 0.6 is 0 Å². The SMILES string of the molecule is CC(C)[N+]1(C(=O)c2cc3c(-c4ccc(C(=O)O)cc4)cncc3[nH]2)N=CC2=C1C(=O)CC1(CCNCC1)C2. The zero-order valence-electron chi connectivity index (χ0n) is 21.5. The fraction of sp³-hybridized carbons (Fsp3) is 0.345. The molecular formula is C29H30N5O4+. The number of amides is 1. The summed E-state index contributed by atoms with van der Waals surface area (Å²) < 4.78 is -0.370. The molecule has 0 radical (unpaired) electrons. The molecule has 2 aromatic heterocycles. The number of pyridine rings is 1. The zero-order chi connectivity index (χ0) is 26.7. The van der Waals surface area contributed by atoms with Gasteiger partial charge in [0.25, 0.3) is 0 Å². The third-order valence-corrected chi connectivity index (χ3v) is 8.35. The number of aromatic carboxylic acids is 1. The number of hydrogen-bond acceptors (Lipinski definition) is 6. The van der Waals surface area contributed by atoms with Gasteiger partial charge in [-0.15, -0.1) is 0 Å². The average Bonchev–Trinajstić information content (AvgIpc) is 3.51. The fourth-order valence-corrected chi connectivity index (χ4v) is 6.35. The summed E-state index contributed by atoms with van der Waals surface area (Å²) in [5, 5.41) is 18.2. The van der Waals surface area contributed by atoms with E-state index < -0.39 is 5.97 Å². The van der Waals surface area contributed by atoms with Crippen LogP contribution < -0.4 is 5.32 Å². The van der Waals surface area contributed by atoms with Crippen molar-refractivity contribution in [3.8, 4) is 11.1 Å². The number of quaternary nitrogens is 1. The molecule has 1 spiro atoms. The molecule has 3 aliphatic rings. The lowest BCUT2D eigenvalue weighted by Gasteiger charge is -2.41. The van der Waals surface area contributed by atoms with Crippen LogP contribution in [-0.4, -0.2) is 62.7 Å². The van der Waals surface area contributed by atoms with Gasteiger partial charge in [-0.25, -0.2) is 9.59 Å². The van der Waals surface area contributed by atoms with Gasteiger partial charge in [-0.1, -0.05) is 21.8 Å². The molecule has 9 heteroatoms. The van der Waals surface area contributed by atoms with Gasteiger partial charge in [0.15, 0.2) is 0 Å². The second-order valence-corrected chi connectivity index (χ2v) is 10.9. The highest BCUT2D eigenvalue weighted by Crippen LogP contribution is 2.49. The van der Waals surface area contributed by atoms with Crippen LogP contribution in [0.25, 0.3) is 22.0 Å². The van der Waals surface area contributed by atoms with E-state index in [0.717, 1.165) is 54.4 Å². The number of rotatable bonds is 4. The Morgan fingerprint density at radius 2 is 1.82 bits per heavy atom. The summed E-state index contributed by atoms with van der Waals surface area (Å²) in [5.74, 6) is -1.25. The Balaban J connectivity index is 1.41. The molecule has 1 aliphatic carbocycles. The summed E-state index contributed by atoms with van der Waals surface area (Å²) >= 11 is 0. The molecule has 1 unspecified atom stereocenters. The fourth-order valence-electron chi connectivity index (χ4n) is 6.35. The summed E-state index contributed by atoms with van der Waals surface area (Å²) in [7, 11) is 0. The van der Waals surface area contributed by atoms with Crippen LogP contribution in [0, 0.1) is 5.41 Å². The van der Waals surface area contributed by atoms with Crippen LogP contribution in [0.1, 0.15) is 60.4 Å². The van der Waals surface area contributed by atoms with E-state index in [2.05, 4.69) is 15.3 Å². The van der Waals surface area contributed by atoms with Gasteiger partial charge in [0.2, 0.25) is 11.5 Å². The Morgan fingerprint density at radius 3 is 2.50 bits per heavy atom. The molecule has 0 bridgehead atoms. The summed E-state index contributed by atoms with van der Waals surface area (Å²) in [4.78, 5) is 46.8. The highest BCUT2D eigenvalue weighted by molar-refractivity contribution is 6.07. The molecule has 1 saturated heterocycles. The lowest BCUT2D eigenvalue weighted by atomic mass is 9.67. The van der Waals surface area contributed by atoms with Gasteiger partial charge in [-0.05, 0) is 75.4 Å². The standard InChI is InChI=1S/C29H29N5O4/c1-17(2)34(26-20(14-32-34)12-29(13-25(26)35)7-9-30-10-8-29)27(36)23-11-21-22(15-31-16-24(21)33-23)18-3-5-19(6-4-18)28(37)38/h3-6,11,14-17,30H,7-10,12-13H2,1-2H3,(H-,31,33,36,37,38)/p+1. The number of H-pyrrole nitrogens is 1. The summed E-state index contributed by atoms with van der Waals surface area (Å²) in [6, 6.07) is 8.07. The highest BCUT2D eigenvalue weighted by Gasteiger charge is 2.57. The van der Waals surface area contributed by atoms with Crippen molar-refractivity contribution >= 4 is 34.8 Å². The first-order valence-corrected chi connectivity index (χ1v) is 13.0. The minimum absolute atomic E-state index is 0.0182. The van der Waals surface area contributed by atoms with Gasteiger partial charge < -0.3 is 15.4 Å². The molecule has 1 aromatic carbocycles. The topological polar surface area (TPSA) is 125 Å². The molecule has 0 saturated carbocycles. The Labute approximate surface area is 219 Å². The first-order valence-electron chi connectivity index (χ1n) is 13.0. The maximum Gasteiger partial charge on any atom is 0.393 e. The number of fused-ring (bicyclic) bond motifs is 1. The molecule has 3 N–H and O–H groups in total. The number of piperidine rings is 1. The minimum Gasteiger partial charge on any atom is -0.478 e. The number of nitrogens with zero attached hydrogens (tertiary/aromatic N) is 3. The quantitative estimate of drug-likeness (QED) is 0.448.